The Morgan fingerprint density at radius 1 is 1.25 bits per heavy atom. The maximum absolute atomic E-state index is 13.7. The highest BCUT2D eigenvalue weighted by atomic mass is 19.1. The molecule has 2 saturated heterocycles. The SMILES string of the molecule is NC(CCN1C2CCC1CC(O)C2)c1ccccc1F. The Morgan fingerprint density at radius 2 is 1.90 bits per heavy atom. The van der Waals surface area contributed by atoms with Crippen LogP contribution in [0.4, 0.5) is 4.39 Å². The second kappa shape index (κ2) is 5.80. The number of piperidine rings is 1. The van der Waals surface area contributed by atoms with E-state index in [0.717, 1.165) is 25.8 Å². The van der Waals surface area contributed by atoms with E-state index in [9.17, 15) is 9.50 Å². The largest absolute Gasteiger partial charge is 0.393 e. The molecular formula is C16H23FN2O. The molecule has 3 N–H and O–H groups in total. The summed E-state index contributed by atoms with van der Waals surface area (Å²) in [5, 5.41) is 9.80. The van der Waals surface area contributed by atoms with Gasteiger partial charge in [0.25, 0.3) is 0 Å². The first-order chi connectivity index (χ1) is 9.65. The second-order valence-corrected chi connectivity index (χ2v) is 6.16. The molecule has 3 rings (SSSR count). The zero-order valence-corrected chi connectivity index (χ0v) is 11.7. The van der Waals surface area contributed by atoms with Gasteiger partial charge in [-0.15, -0.1) is 0 Å². The Kier molecular flexibility index (Phi) is 4.06. The van der Waals surface area contributed by atoms with Crippen LogP contribution in [0.5, 0.6) is 0 Å². The number of aliphatic hydroxyl groups is 1. The Hall–Kier alpha value is -0.970. The summed E-state index contributed by atoms with van der Waals surface area (Å²) in [4.78, 5) is 2.48. The van der Waals surface area contributed by atoms with Crippen molar-refractivity contribution >= 4 is 0 Å². The van der Waals surface area contributed by atoms with Gasteiger partial charge in [0.2, 0.25) is 0 Å². The molecule has 0 amide bonds. The van der Waals surface area contributed by atoms with Crippen molar-refractivity contribution in [1.29, 1.82) is 0 Å². The quantitative estimate of drug-likeness (QED) is 0.887. The summed E-state index contributed by atoms with van der Waals surface area (Å²) in [7, 11) is 0. The van der Waals surface area contributed by atoms with Crippen molar-refractivity contribution in [1.82, 2.24) is 4.90 Å². The van der Waals surface area contributed by atoms with Crippen LogP contribution in [-0.2, 0) is 0 Å². The van der Waals surface area contributed by atoms with E-state index < -0.39 is 0 Å². The first-order valence-electron chi connectivity index (χ1n) is 7.59. The smallest absolute Gasteiger partial charge is 0.127 e. The first-order valence-corrected chi connectivity index (χ1v) is 7.59. The van der Waals surface area contributed by atoms with Crippen molar-refractivity contribution in [2.75, 3.05) is 6.54 Å². The number of aliphatic hydroxyl groups excluding tert-OH is 1. The summed E-state index contributed by atoms with van der Waals surface area (Å²) in [6.45, 7) is 0.900. The van der Waals surface area contributed by atoms with E-state index in [2.05, 4.69) is 4.90 Å². The minimum absolute atomic E-state index is 0.135. The van der Waals surface area contributed by atoms with Crippen molar-refractivity contribution in [2.24, 2.45) is 5.73 Å². The summed E-state index contributed by atoms with van der Waals surface area (Å²) >= 11 is 0. The van der Waals surface area contributed by atoms with Crippen LogP contribution >= 0.6 is 0 Å². The van der Waals surface area contributed by atoms with Gasteiger partial charge in [0, 0.05) is 30.2 Å². The first kappa shape index (κ1) is 14.0. The van der Waals surface area contributed by atoms with Crippen LogP contribution in [0.25, 0.3) is 0 Å². The van der Waals surface area contributed by atoms with Crippen LogP contribution in [0.2, 0.25) is 0 Å². The van der Waals surface area contributed by atoms with E-state index in [4.69, 9.17) is 5.73 Å². The third-order valence-corrected chi connectivity index (χ3v) is 4.86. The molecule has 4 heteroatoms. The predicted octanol–water partition coefficient (Wildman–Crippen LogP) is 2.20. The molecule has 2 aliphatic heterocycles. The monoisotopic (exact) mass is 278 g/mol. The van der Waals surface area contributed by atoms with Crippen LogP contribution < -0.4 is 5.73 Å². The molecule has 2 heterocycles. The maximum Gasteiger partial charge on any atom is 0.127 e. The topological polar surface area (TPSA) is 49.5 Å². The number of hydrogen-bond acceptors (Lipinski definition) is 3. The lowest BCUT2D eigenvalue weighted by atomic mass is 9.98. The number of rotatable bonds is 4. The summed E-state index contributed by atoms with van der Waals surface area (Å²) in [6, 6.07) is 7.51. The van der Waals surface area contributed by atoms with Crippen LogP contribution in [0.15, 0.2) is 24.3 Å². The van der Waals surface area contributed by atoms with Crippen molar-refractivity contribution in [3.05, 3.63) is 35.6 Å². The number of fused-ring (bicyclic) bond motifs is 2. The second-order valence-electron chi connectivity index (χ2n) is 6.16. The lowest BCUT2D eigenvalue weighted by molar-refractivity contribution is 0.0340. The van der Waals surface area contributed by atoms with Crippen molar-refractivity contribution in [2.45, 2.75) is 56.3 Å². The van der Waals surface area contributed by atoms with Crippen LogP contribution in [-0.4, -0.2) is 34.7 Å². The van der Waals surface area contributed by atoms with Gasteiger partial charge < -0.3 is 10.8 Å². The van der Waals surface area contributed by atoms with Gasteiger partial charge in [-0.25, -0.2) is 4.39 Å². The van der Waals surface area contributed by atoms with E-state index in [0.29, 0.717) is 17.6 Å². The van der Waals surface area contributed by atoms with Crippen LogP contribution in [0, 0.1) is 5.82 Å². The average Bonchev–Trinajstić information content (AvgIpc) is 2.67. The third-order valence-electron chi connectivity index (χ3n) is 4.86. The minimum atomic E-state index is -0.248. The molecule has 2 bridgehead atoms. The molecule has 20 heavy (non-hydrogen) atoms. The number of nitrogens with zero attached hydrogens (tertiary/aromatic N) is 1. The van der Waals surface area contributed by atoms with Crippen molar-refractivity contribution in [3.8, 4) is 0 Å². The average molecular weight is 278 g/mol. The van der Waals surface area contributed by atoms with E-state index >= 15 is 0 Å². The number of hydrogen-bond donors (Lipinski definition) is 2. The van der Waals surface area contributed by atoms with Gasteiger partial charge >= 0.3 is 0 Å². The molecular weight excluding hydrogens is 255 g/mol. The van der Waals surface area contributed by atoms with Crippen molar-refractivity contribution in [3.63, 3.8) is 0 Å². The normalized spacial score (nSPS) is 31.4. The summed E-state index contributed by atoms with van der Waals surface area (Å²) in [6.07, 6.45) is 4.75. The Bertz CT molecular complexity index is 454. The van der Waals surface area contributed by atoms with Crippen LogP contribution in [0.3, 0.4) is 0 Å². The molecule has 3 nitrogen and oxygen atoms in total. The van der Waals surface area contributed by atoms with E-state index in [1.165, 1.54) is 18.9 Å². The van der Waals surface area contributed by atoms with E-state index in [-0.39, 0.29) is 18.0 Å². The zero-order valence-electron chi connectivity index (χ0n) is 11.7. The molecule has 2 fully saturated rings. The molecule has 110 valence electrons. The molecule has 3 unspecified atom stereocenters. The third kappa shape index (κ3) is 2.73. The number of nitrogens with two attached hydrogens (primary N) is 1. The van der Waals surface area contributed by atoms with E-state index in [1.807, 2.05) is 6.07 Å². The molecule has 0 spiro atoms. The van der Waals surface area contributed by atoms with Crippen LogP contribution in [0.1, 0.15) is 43.7 Å². The fourth-order valence-electron chi connectivity index (χ4n) is 3.83. The molecule has 1 aromatic carbocycles. The number of benzene rings is 1. The minimum Gasteiger partial charge on any atom is -0.393 e. The highest BCUT2D eigenvalue weighted by Gasteiger charge is 2.39. The molecule has 0 saturated carbocycles. The zero-order chi connectivity index (χ0) is 14.1. The van der Waals surface area contributed by atoms with Gasteiger partial charge in [0.05, 0.1) is 6.10 Å². The maximum atomic E-state index is 13.7. The lowest BCUT2D eigenvalue weighted by Gasteiger charge is -2.37. The lowest BCUT2D eigenvalue weighted by Crippen LogP contribution is -2.45. The van der Waals surface area contributed by atoms with Gasteiger partial charge in [-0.3, -0.25) is 4.90 Å². The Morgan fingerprint density at radius 3 is 2.55 bits per heavy atom. The van der Waals surface area contributed by atoms with Gasteiger partial charge in [-0.05, 0) is 38.2 Å². The highest BCUT2D eigenvalue weighted by molar-refractivity contribution is 5.20. The molecule has 3 atom stereocenters. The molecule has 0 aliphatic carbocycles. The summed E-state index contributed by atoms with van der Waals surface area (Å²) in [5.41, 5.74) is 6.74. The molecule has 1 aromatic rings. The molecule has 0 radical (unpaired) electrons. The van der Waals surface area contributed by atoms with Gasteiger partial charge in [0.1, 0.15) is 5.82 Å². The van der Waals surface area contributed by atoms with Gasteiger partial charge in [-0.1, -0.05) is 18.2 Å². The Labute approximate surface area is 119 Å². The van der Waals surface area contributed by atoms with Gasteiger partial charge in [-0.2, -0.15) is 0 Å². The molecule has 2 aliphatic rings. The molecule has 0 aromatic heterocycles. The standard InChI is InChI=1S/C16H23FN2O/c17-15-4-2-1-3-14(15)16(18)7-8-19-11-5-6-12(19)10-13(20)9-11/h1-4,11-13,16,20H,5-10,18H2. The van der Waals surface area contributed by atoms with E-state index in [1.54, 1.807) is 12.1 Å². The summed E-state index contributed by atoms with van der Waals surface area (Å²) < 4.78 is 13.7. The fourth-order valence-corrected chi connectivity index (χ4v) is 3.83. The predicted molar refractivity (Wildman–Crippen MR) is 76.7 cm³/mol. The highest BCUT2D eigenvalue weighted by Crippen LogP contribution is 2.36. The van der Waals surface area contributed by atoms with Crippen molar-refractivity contribution < 1.29 is 9.50 Å². The number of halogens is 1. The fraction of sp³-hybridized carbons (Fsp3) is 0.625. The Balaban J connectivity index is 1.59. The van der Waals surface area contributed by atoms with Gasteiger partial charge in [0.15, 0.2) is 0 Å². The summed E-state index contributed by atoms with van der Waals surface area (Å²) in [5.74, 6) is -0.211.